The van der Waals surface area contributed by atoms with Crippen molar-refractivity contribution < 1.29 is 13.2 Å². The van der Waals surface area contributed by atoms with Gasteiger partial charge in [-0.25, -0.2) is 13.4 Å². The molecule has 164 valence electrons. The van der Waals surface area contributed by atoms with E-state index in [-0.39, 0.29) is 18.4 Å². The van der Waals surface area contributed by atoms with E-state index >= 15 is 0 Å². The molecule has 0 aliphatic carbocycles. The first-order valence-electron chi connectivity index (χ1n) is 10.3. The zero-order chi connectivity index (χ0) is 22.1. The van der Waals surface area contributed by atoms with Crippen molar-refractivity contribution in [3.05, 3.63) is 66.0 Å². The number of fused-ring (bicyclic) bond motifs is 1. The molecule has 1 N–H and O–H groups in total. The maximum atomic E-state index is 13.0. The molecule has 3 heterocycles. The Hall–Kier alpha value is -2.59. The number of sulfonamides is 1. The lowest BCUT2D eigenvalue weighted by Gasteiger charge is -2.30. The van der Waals surface area contributed by atoms with E-state index in [0.29, 0.717) is 29.3 Å². The number of rotatable bonds is 5. The molecule has 1 aliphatic heterocycles. The number of anilines is 1. The summed E-state index contributed by atoms with van der Waals surface area (Å²) in [6.07, 6.45) is 1.33. The number of piperidine rings is 1. The predicted octanol–water partition coefficient (Wildman–Crippen LogP) is 5.06. The molecule has 0 saturated carbocycles. The predicted molar refractivity (Wildman–Crippen MR) is 129 cm³/mol. The third-order valence-corrected chi connectivity index (χ3v) is 9.84. The van der Waals surface area contributed by atoms with Crippen LogP contribution in [0.4, 0.5) is 5.69 Å². The number of benzene rings is 2. The highest BCUT2D eigenvalue weighted by Crippen LogP contribution is 2.32. The van der Waals surface area contributed by atoms with Crippen molar-refractivity contribution in [3.8, 4) is 10.6 Å². The summed E-state index contributed by atoms with van der Waals surface area (Å²) < 4.78 is 28.6. The number of carbonyl (C=O) groups is 1. The van der Waals surface area contributed by atoms with Gasteiger partial charge in [0, 0.05) is 24.3 Å². The van der Waals surface area contributed by atoms with Gasteiger partial charge in [-0.2, -0.15) is 4.31 Å². The van der Waals surface area contributed by atoms with Crippen LogP contribution in [0.2, 0.25) is 0 Å². The van der Waals surface area contributed by atoms with Crippen LogP contribution in [0, 0.1) is 5.92 Å². The third kappa shape index (κ3) is 4.21. The molecule has 5 rings (SSSR count). The smallest absolute Gasteiger partial charge is 0.252 e. The summed E-state index contributed by atoms with van der Waals surface area (Å²) in [5.41, 5.74) is 2.58. The van der Waals surface area contributed by atoms with E-state index in [2.05, 4.69) is 10.3 Å². The number of nitrogens with zero attached hydrogens (tertiary/aromatic N) is 2. The fraction of sp³-hybridized carbons (Fsp3) is 0.217. The summed E-state index contributed by atoms with van der Waals surface area (Å²) in [4.78, 5) is 17.7. The summed E-state index contributed by atoms with van der Waals surface area (Å²) in [6, 6.07) is 19.0. The molecule has 1 amide bonds. The molecule has 1 saturated heterocycles. The fourth-order valence-electron chi connectivity index (χ4n) is 3.88. The Morgan fingerprint density at radius 2 is 1.97 bits per heavy atom. The van der Waals surface area contributed by atoms with Gasteiger partial charge in [0.1, 0.15) is 9.22 Å². The SMILES string of the molecule is O=C(Nc1cccc(-c2nc3ccccc3s2)c1)C1CCCN(S(=O)(=O)c2cccs2)C1. The van der Waals surface area contributed by atoms with Crippen LogP contribution in [0.3, 0.4) is 0 Å². The Morgan fingerprint density at radius 1 is 1.09 bits per heavy atom. The molecule has 6 nitrogen and oxygen atoms in total. The van der Waals surface area contributed by atoms with E-state index in [1.54, 1.807) is 28.8 Å². The maximum absolute atomic E-state index is 13.0. The zero-order valence-corrected chi connectivity index (χ0v) is 19.6. The molecule has 2 aromatic carbocycles. The van der Waals surface area contributed by atoms with E-state index in [0.717, 1.165) is 20.8 Å². The molecule has 32 heavy (non-hydrogen) atoms. The van der Waals surface area contributed by atoms with Crippen LogP contribution in [0.5, 0.6) is 0 Å². The highest BCUT2D eigenvalue weighted by atomic mass is 32.2. The Kier molecular flexibility index (Phi) is 5.81. The summed E-state index contributed by atoms with van der Waals surface area (Å²) in [5.74, 6) is -0.540. The maximum Gasteiger partial charge on any atom is 0.252 e. The molecule has 1 atom stereocenters. The van der Waals surface area contributed by atoms with Gasteiger partial charge in [0.2, 0.25) is 5.91 Å². The molecule has 9 heteroatoms. The van der Waals surface area contributed by atoms with Gasteiger partial charge in [-0.1, -0.05) is 30.3 Å². The molecule has 4 aromatic rings. The minimum Gasteiger partial charge on any atom is -0.326 e. The number of hydrogen-bond acceptors (Lipinski definition) is 6. The molecular formula is C23H21N3O3S3. The van der Waals surface area contributed by atoms with Gasteiger partial charge >= 0.3 is 0 Å². The lowest BCUT2D eigenvalue weighted by Crippen LogP contribution is -2.43. The molecule has 0 radical (unpaired) electrons. The van der Waals surface area contributed by atoms with E-state index in [9.17, 15) is 13.2 Å². The second-order valence-corrected chi connectivity index (χ2v) is 11.8. The van der Waals surface area contributed by atoms with Crippen molar-refractivity contribution in [2.75, 3.05) is 18.4 Å². The monoisotopic (exact) mass is 483 g/mol. The van der Waals surface area contributed by atoms with Gasteiger partial charge in [0.15, 0.2) is 0 Å². The van der Waals surface area contributed by atoms with Gasteiger partial charge in [0.05, 0.1) is 16.1 Å². The van der Waals surface area contributed by atoms with Crippen molar-refractivity contribution in [2.45, 2.75) is 17.1 Å². The van der Waals surface area contributed by atoms with Crippen LogP contribution < -0.4 is 5.32 Å². The molecule has 0 bridgehead atoms. The number of thiophene rings is 1. The lowest BCUT2D eigenvalue weighted by molar-refractivity contribution is -0.120. The Labute approximate surface area is 194 Å². The zero-order valence-electron chi connectivity index (χ0n) is 17.1. The minimum absolute atomic E-state index is 0.155. The lowest BCUT2D eigenvalue weighted by atomic mass is 9.98. The second kappa shape index (κ2) is 8.74. The Bertz CT molecular complexity index is 1330. The second-order valence-electron chi connectivity index (χ2n) is 7.69. The molecular weight excluding hydrogens is 462 g/mol. The standard InChI is InChI=1S/C23H21N3O3S3/c27-22(17-7-4-12-26(15-17)32(28,29)21-11-5-13-30-21)24-18-8-3-6-16(14-18)23-25-19-9-1-2-10-20(19)31-23/h1-3,5-6,8-11,13-14,17H,4,7,12,15H2,(H,24,27). The number of nitrogens with one attached hydrogen (secondary N) is 1. The Balaban J connectivity index is 1.31. The highest BCUT2D eigenvalue weighted by molar-refractivity contribution is 7.91. The number of carbonyl (C=O) groups excluding carboxylic acids is 1. The highest BCUT2D eigenvalue weighted by Gasteiger charge is 2.33. The van der Waals surface area contributed by atoms with Gasteiger partial charge in [0.25, 0.3) is 10.0 Å². The molecule has 1 aliphatic rings. The number of thiazole rings is 1. The molecule has 2 aromatic heterocycles. The first-order chi connectivity index (χ1) is 15.5. The number of para-hydroxylation sites is 1. The average Bonchev–Trinajstić information content (AvgIpc) is 3.50. The van der Waals surface area contributed by atoms with Gasteiger partial charge in [-0.3, -0.25) is 4.79 Å². The van der Waals surface area contributed by atoms with Crippen LogP contribution in [0.25, 0.3) is 20.8 Å². The normalized spacial score (nSPS) is 17.4. The van der Waals surface area contributed by atoms with E-state index in [1.165, 1.54) is 15.6 Å². The first kappa shape index (κ1) is 21.3. The largest absolute Gasteiger partial charge is 0.326 e. The fourth-order valence-corrected chi connectivity index (χ4v) is 7.51. The number of aromatic nitrogens is 1. The Morgan fingerprint density at radius 3 is 2.78 bits per heavy atom. The van der Waals surface area contributed by atoms with E-state index in [1.807, 2.05) is 48.5 Å². The summed E-state index contributed by atoms with van der Waals surface area (Å²) in [6.45, 7) is 0.640. The molecule has 1 fully saturated rings. The minimum atomic E-state index is -3.55. The van der Waals surface area contributed by atoms with Crippen LogP contribution in [-0.4, -0.2) is 36.7 Å². The van der Waals surface area contributed by atoms with Crippen LogP contribution in [0.1, 0.15) is 12.8 Å². The van der Waals surface area contributed by atoms with Gasteiger partial charge < -0.3 is 5.32 Å². The van der Waals surface area contributed by atoms with Crippen molar-refractivity contribution in [3.63, 3.8) is 0 Å². The summed E-state index contributed by atoms with van der Waals surface area (Å²) in [7, 11) is -3.55. The first-order valence-corrected chi connectivity index (χ1v) is 13.4. The van der Waals surface area contributed by atoms with Crippen molar-refractivity contribution >= 4 is 54.5 Å². The van der Waals surface area contributed by atoms with Gasteiger partial charge in [-0.15, -0.1) is 22.7 Å². The van der Waals surface area contributed by atoms with Gasteiger partial charge in [-0.05, 0) is 48.6 Å². The number of hydrogen-bond donors (Lipinski definition) is 1. The van der Waals surface area contributed by atoms with Crippen LogP contribution >= 0.6 is 22.7 Å². The summed E-state index contributed by atoms with van der Waals surface area (Å²) >= 11 is 2.81. The number of amides is 1. The van der Waals surface area contributed by atoms with E-state index < -0.39 is 10.0 Å². The van der Waals surface area contributed by atoms with E-state index in [4.69, 9.17) is 0 Å². The van der Waals surface area contributed by atoms with Crippen molar-refractivity contribution in [2.24, 2.45) is 5.92 Å². The topological polar surface area (TPSA) is 79.4 Å². The average molecular weight is 484 g/mol. The molecule has 1 unspecified atom stereocenters. The quantitative estimate of drug-likeness (QED) is 0.430. The van der Waals surface area contributed by atoms with Crippen LogP contribution in [-0.2, 0) is 14.8 Å². The van der Waals surface area contributed by atoms with Crippen molar-refractivity contribution in [1.82, 2.24) is 9.29 Å². The summed E-state index contributed by atoms with van der Waals surface area (Å²) in [5, 5.41) is 5.63. The third-order valence-electron chi connectivity index (χ3n) is 5.52. The van der Waals surface area contributed by atoms with Crippen LogP contribution in [0.15, 0.2) is 70.3 Å². The van der Waals surface area contributed by atoms with Crippen molar-refractivity contribution in [1.29, 1.82) is 0 Å². The molecule has 0 spiro atoms.